The van der Waals surface area contributed by atoms with E-state index in [9.17, 15) is 9.59 Å². The zero-order valence-electron chi connectivity index (χ0n) is 17.5. The lowest BCUT2D eigenvalue weighted by Crippen LogP contribution is -2.52. The van der Waals surface area contributed by atoms with Gasteiger partial charge in [0.15, 0.2) is 0 Å². The third-order valence-electron chi connectivity index (χ3n) is 5.27. The minimum absolute atomic E-state index is 0.174. The van der Waals surface area contributed by atoms with Crippen molar-refractivity contribution >= 4 is 17.6 Å². The van der Waals surface area contributed by atoms with E-state index in [1.165, 1.54) is 7.11 Å². The maximum absolute atomic E-state index is 12.6. The lowest BCUT2D eigenvalue weighted by atomic mass is 10.1. The molecule has 1 N–H and O–H groups in total. The number of methoxy groups -OCH3 is 2. The molecule has 1 heterocycles. The molecule has 2 aromatic rings. The van der Waals surface area contributed by atoms with E-state index in [-0.39, 0.29) is 12.5 Å². The maximum atomic E-state index is 12.6. The molecule has 1 fully saturated rings. The molecule has 1 atom stereocenters. The lowest BCUT2D eigenvalue weighted by molar-refractivity contribution is -0.145. The van der Waals surface area contributed by atoms with E-state index in [0.717, 1.165) is 43.2 Å². The van der Waals surface area contributed by atoms with Gasteiger partial charge in [-0.05, 0) is 17.7 Å². The summed E-state index contributed by atoms with van der Waals surface area (Å²) >= 11 is 0. The number of nitrogens with one attached hydrogen (secondary N) is 1. The highest BCUT2D eigenvalue weighted by Gasteiger charge is 2.25. The second-order valence-corrected chi connectivity index (χ2v) is 7.27. The minimum Gasteiger partial charge on any atom is -0.495 e. The van der Waals surface area contributed by atoms with Gasteiger partial charge < -0.3 is 19.7 Å². The van der Waals surface area contributed by atoms with Crippen LogP contribution in [0.3, 0.4) is 0 Å². The van der Waals surface area contributed by atoms with E-state index >= 15 is 0 Å². The average molecular weight is 412 g/mol. The normalized spacial score (nSPS) is 15.3. The van der Waals surface area contributed by atoms with Gasteiger partial charge in [-0.1, -0.05) is 42.5 Å². The van der Waals surface area contributed by atoms with Crippen LogP contribution in [0.15, 0.2) is 54.6 Å². The summed E-state index contributed by atoms with van der Waals surface area (Å²) in [5, 5.41) is 2.84. The quantitative estimate of drug-likeness (QED) is 0.667. The number of carbonyl (C=O) groups excluding carboxylic acids is 2. The van der Waals surface area contributed by atoms with Crippen LogP contribution in [0.25, 0.3) is 0 Å². The van der Waals surface area contributed by atoms with E-state index in [1.54, 1.807) is 7.11 Å². The largest absolute Gasteiger partial charge is 0.495 e. The first-order valence-electron chi connectivity index (χ1n) is 10.1. The van der Waals surface area contributed by atoms with Gasteiger partial charge in [-0.2, -0.15) is 0 Å². The zero-order chi connectivity index (χ0) is 21.3. The number of piperazine rings is 1. The number of ether oxygens (including phenoxy) is 2. The first-order valence-corrected chi connectivity index (χ1v) is 10.1. The average Bonchev–Trinajstić information content (AvgIpc) is 2.79. The van der Waals surface area contributed by atoms with Crippen molar-refractivity contribution in [1.29, 1.82) is 0 Å². The van der Waals surface area contributed by atoms with Crippen LogP contribution in [-0.2, 0) is 20.7 Å². The van der Waals surface area contributed by atoms with Gasteiger partial charge in [0.05, 0.1) is 26.5 Å². The zero-order valence-corrected chi connectivity index (χ0v) is 17.5. The molecule has 0 aromatic heterocycles. The SMILES string of the molecule is COC(=O)[C@@H](Cc1ccccc1)NC(=O)CN1CCN(c2ccccc2OC)CC1. The van der Waals surface area contributed by atoms with Crippen molar-refractivity contribution in [1.82, 2.24) is 10.2 Å². The number of nitrogens with zero attached hydrogens (tertiary/aromatic N) is 2. The fraction of sp³-hybridized carbons (Fsp3) is 0.391. The first kappa shape index (κ1) is 21.6. The summed E-state index contributed by atoms with van der Waals surface area (Å²) in [6.45, 7) is 3.37. The maximum Gasteiger partial charge on any atom is 0.328 e. The van der Waals surface area contributed by atoms with Crippen molar-refractivity contribution in [2.45, 2.75) is 12.5 Å². The molecule has 7 heteroatoms. The molecule has 7 nitrogen and oxygen atoms in total. The van der Waals surface area contributed by atoms with Gasteiger partial charge in [-0.15, -0.1) is 0 Å². The monoisotopic (exact) mass is 411 g/mol. The Morgan fingerprint density at radius 2 is 1.63 bits per heavy atom. The van der Waals surface area contributed by atoms with Crippen molar-refractivity contribution in [3.63, 3.8) is 0 Å². The van der Waals surface area contributed by atoms with Crippen LogP contribution in [0.4, 0.5) is 5.69 Å². The number of para-hydroxylation sites is 2. The molecule has 0 bridgehead atoms. The van der Waals surface area contributed by atoms with Crippen molar-refractivity contribution < 1.29 is 19.1 Å². The van der Waals surface area contributed by atoms with E-state index < -0.39 is 12.0 Å². The number of amides is 1. The smallest absolute Gasteiger partial charge is 0.328 e. The Labute approximate surface area is 177 Å². The predicted molar refractivity (Wildman–Crippen MR) is 116 cm³/mol. The second kappa shape index (κ2) is 10.6. The Hall–Kier alpha value is -3.06. The Balaban J connectivity index is 1.52. The fourth-order valence-corrected chi connectivity index (χ4v) is 3.67. The van der Waals surface area contributed by atoms with Crippen LogP contribution in [0.1, 0.15) is 5.56 Å². The van der Waals surface area contributed by atoms with E-state index in [4.69, 9.17) is 9.47 Å². The Bertz CT molecular complexity index is 835. The van der Waals surface area contributed by atoms with Gasteiger partial charge in [0.2, 0.25) is 5.91 Å². The topological polar surface area (TPSA) is 71.1 Å². The molecule has 2 aromatic carbocycles. The van der Waals surface area contributed by atoms with Crippen LogP contribution >= 0.6 is 0 Å². The van der Waals surface area contributed by atoms with Crippen LogP contribution in [0.2, 0.25) is 0 Å². The molecular formula is C23H29N3O4. The van der Waals surface area contributed by atoms with Gasteiger partial charge in [-0.25, -0.2) is 4.79 Å². The first-order chi connectivity index (χ1) is 14.6. The molecule has 0 radical (unpaired) electrons. The number of anilines is 1. The third kappa shape index (κ3) is 5.73. The minimum atomic E-state index is -0.695. The van der Waals surface area contributed by atoms with Gasteiger partial charge in [0.1, 0.15) is 11.8 Å². The fourth-order valence-electron chi connectivity index (χ4n) is 3.67. The van der Waals surface area contributed by atoms with Crippen molar-refractivity contribution in [3.05, 3.63) is 60.2 Å². The van der Waals surface area contributed by atoms with E-state index in [0.29, 0.717) is 6.42 Å². The van der Waals surface area contributed by atoms with E-state index in [2.05, 4.69) is 15.1 Å². The molecule has 1 aliphatic heterocycles. The number of benzene rings is 2. The van der Waals surface area contributed by atoms with Crippen molar-refractivity contribution in [2.24, 2.45) is 0 Å². The Morgan fingerprint density at radius 3 is 2.30 bits per heavy atom. The second-order valence-electron chi connectivity index (χ2n) is 7.27. The number of esters is 1. The summed E-state index contributed by atoms with van der Waals surface area (Å²) < 4.78 is 10.3. The van der Waals surface area contributed by atoms with Crippen LogP contribution in [0, 0.1) is 0 Å². The third-order valence-corrected chi connectivity index (χ3v) is 5.27. The highest BCUT2D eigenvalue weighted by atomic mass is 16.5. The molecule has 0 aliphatic carbocycles. The summed E-state index contributed by atoms with van der Waals surface area (Å²) in [7, 11) is 3.01. The Morgan fingerprint density at radius 1 is 0.967 bits per heavy atom. The molecule has 0 spiro atoms. The lowest BCUT2D eigenvalue weighted by Gasteiger charge is -2.36. The molecular weight excluding hydrogens is 382 g/mol. The highest BCUT2D eigenvalue weighted by molar-refractivity contribution is 5.85. The predicted octanol–water partition coefficient (Wildman–Crippen LogP) is 1.72. The number of carbonyl (C=O) groups is 2. The number of hydrogen-bond acceptors (Lipinski definition) is 6. The molecule has 0 unspecified atom stereocenters. The Kier molecular flexibility index (Phi) is 7.68. The molecule has 1 aliphatic rings. The van der Waals surface area contributed by atoms with Gasteiger partial charge in [0.25, 0.3) is 0 Å². The van der Waals surface area contributed by atoms with Gasteiger partial charge >= 0.3 is 5.97 Å². The summed E-state index contributed by atoms with van der Waals surface area (Å²) in [6.07, 6.45) is 0.404. The summed E-state index contributed by atoms with van der Waals surface area (Å²) in [4.78, 5) is 29.1. The molecule has 1 saturated heterocycles. The van der Waals surface area contributed by atoms with Crippen LogP contribution < -0.4 is 15.0 Å². The standard InChI is InChI=1S/C23H29N3O4/c1-29-21-11-7-6-10-20(21)26-14-12-25(13-15-26)17-22(27)24-19(23(28)30-2)16-18-8-4-3-5-9-18/h3-11,19H,12-17H2,1-2H3,(H,24,27)/t19-/m1/s1. The van der Waals surface area contributed by atoms with Gasteiger partial charge in [0, 0.05) is 32.6 Å². The van der Waals surface area contributed by atoms with Crippen LogP contribution in [0.5, 0.6) is 5.75 Å². The number of rotatable bonds is 8. The summed E-state index contributed by atoms with van der Waals surface area (Å²) in [6, 6.07) is 16.9. The summed E-state index contributed by atoms with van der Waals surface area (Å²) in [5.74, 6) is 0.241. The molecule has 30 heavy (non-hydrogen) atoms. The van der Waals surface area contributed by atoms with Gasteiger partial charge in [-0.3, -0.25) is 9.69 Å². The van der Waals surface area contributed by atoms with Crippen molar-refractivity contribution in [2.75, 3.05) is 51.8 Å². The molecule has 1 amide bonds. The molecule has 3 rings (SSSR count). The molecule has 160 valence electrons. The molecule has 0 saturated carbocycles. The highest BCUT2D eigenvalue weighted by Crippen LogP contribution is 2.28. The van der Waals surface area contributed by atoms with E-state index in [1.807, 2.05) is 54.6 Å². The number of hydrogen-bond donors (Lipinski definition) is 1. The van der Waals surface area contributed by atoms with Crippen molar-refractivity contribution in [3.8, 4) is 5.75 Å². The summed E-state index contributed by atoms with van der Waals surface area (Å²) in [5.41, 5.74) is 2.04. The van der Waals surface area contributed by atoms with Crippen LogP contribution in [-0.4, -0.2) is 69.8 Å².